The molecule has 0 aliphatic heterocycles. The first-order valence-electron chi connectivity index (χ1n) is 5.55. The van der Waals surface area contributed by atoms with Crippen LogP contribution in [0, 0.1) is 17.2 Å². The molecule has 0 amide bonds. The predicted octanol–water partition coefficient (Wildman–Crippen LogP) is 2.39. The normalized spacial score (nSPS) is 28.8. The van der Waals surface area contributed by atoms with E-state index in [0.717, 1.165) is 0 Å². The third-order valence-corrected chi connectivity index (χ3v) is 3.68. The number of benzene rings is 1. The van der Waals surface area contributed by atoms with Crippen LogP contribution in [0.4, 0.5) is 0 Å². The number of hydrogen-bond acceptors (Lipinski definition) is 3. The van der Waals surface area contributed by atoms with Gasteiger partial charge in [0.2, 0.25) is 0 Å². The highest BCUT2D eigenvalue weighted by Crippen LogP contribution is 2.37. The second-order valence-electron chi connectivity index (χ2n) is 4.44. The standard InChI is InChI=1S/C13H13ClN2O/c14-11-4-2-1-3-10(11)13(16)6-5-9(8-15)7-12(13)17/h1-4,9H,5-7,16H2. The van der Waals surface area contributed by atoms with Crippen molar-refractivity contribution in [2.45, 2.75) is 24.8 Å². The number of nitriles is 1. The maximum Gasteiger partial charge on any atom is 0.158 e. The molecule has 0 spiro atoms. The molecule has 4 heteroatoms. The largest absolute Gasteiger partial charge is 0.315 e. The number of halogens is 1. The summed E-state index contributed by atoms with van der Waals surface area (Å²) in [6.45, 7) is 0. The van der Waals surface area contributed by atoms with Crippen LogP contribution in [-0.2, 0) is 10.3 Å². The van der Waals surface area contributed by atoms with Gasteiger partial charge in [0.05, 0.1) is 12.0 Å². The predicted molar refractivity (Wildman–Crippen MR) is 65.3 cm³/mol. The zero-order valence-corrected chi connectivity index (χ0v) is 10.1. The van der Waals surface area contributed by atoms with E-state index in [2.05, 4.69) is 6.07 Å². The molecule has 1 aromatic carbocycles. The van der Waals surface area contributed by atoms with Crippen molar-refractivity contribution < 1.29 is 4.79 Å². The molecular weight excluding hydrogens is 236 g/mol. The van der Waals surface area contributed by atoms with Gasteiger partial charge in [0, 0.05) is 11.4 Å². The summed E-state index contributed by atoms with van der Waals surface area (Å²) in [5.74, 6) is -0.301. The summed E-state index contributed by atoms with van der Waals surface area (Å²) in [4.78, 5) is 12.1. The van der Waals surface area contributed by atoms with Gasteiger partial charge >= 0.3 is 0 Å². The number of rotatable bonds is 1. The van der Waals surface area contributed by atoms with Crippen molar-refractivity contribution in [2.75, 3.05) is 0 Å². The second-order valence-corrected chi connectivity index (χ2v) is 4.85. The molecule has 2 N–H and O–H groups in total. The van der Waals surface area contributed by atoms with Gasteiger partial charge in [-0.3, -0.25) is 4.79 Å². The lowest BCUT2D eigenvalue weighted by Crippen LogP contribution is -2.48. The van der Waals surface area contributed by atoms with Crippen LogP contribution in [0.5, 0.6) is 0 Å². The van der Waals surface area contributed by atoms with Gasteiger partial charge in [-0.15, -0.1) is 0 Å². The SMILES string of the molecule is N#CC1CCC(N)(c2ccccc2Cl)C(=O)C1. The van der Waals surface area contributed by atoms with E-state index in [-0.39, 0.29) is 18.1 Å². The highest BCUT2D eigenvalue weighted by atomic mass is 35.5. The van der Waals surface area contributed by atoms with Crippen LogP contribution >= 0.6 is 11.6 Å². The van der Waals surface area contributed by atoms with Crippen molar-refractivity contribution in [3.8, 4) is 6.07 Å². The fourth-order valence-corrected chi connectivity index (χ4v) is 2.57. The minimum atomic E-state index is -1.02. The van der Waals surface area contributed by atoms with Crippen LogP contribution in [-0.4, -0.2) is 5.78 Å². The molecule has 0 bridgehead atoms. The minimum Gasteiger partial charge on any atom is -0.315 e. The molecule has 1 fully saturated rings. The summed E-state index contributed by atoms with van der Waals surface area (Å²) in [5, 5.41) is 9.35. The van der Waals surface area contributed by atoms with Crippen LogP contribution in [0.1, 0.15) is 24.8 Å². The van der Waals surface area contributed by atoms with Gasteiger partial charge in [-0.25, -0.2) is 0 Å². The quantitative estimate of drug-likeness (QED) is 0.830. The van der Waals surface area contributed by atoms with E-state index in [4.69, 9.17) is 22.6 Å². The Bertz CT molecular complexity index is 494. The number of hydrogen-bond donors (Lipinski definition) is 1. The third kappa shape index (κ3) is 2.06. The van der Waals surface area contributed by atoms with Gasteiger partial charge < -0.3 is 5.73 Å². The Labute approximate surface area is 105 Å². The first-order valence-corrected chi connectivity index (χ1v) is 5.92. The van der Waals surface area contributed by atoms with Crippen molar-refractivity contribution in [3.63, 3.8) is 0 Å². The molecule has 2 unspecified atom stereocenters. The zero-order chi connectivity index (χ0) is 12.5. The number of carbonyl (C=O) groups excluding carboxylic acids is 1. The van der Waals surface area contributed by atoms with Crippen LogP contribution in [0.3, 0.4) is 0 Å². The Morgan fingerprint density at radius 3 is 2.76 bits per heavy atom. The monoisotopic (exact) mass is 248 g/mol. The molecule has 1 aliphatic carbocycles. The Balaban J connectivity index is 2.36. The van der Waals surface area contributed by atoms with E-state index in [9.17, 15) is 4.79 Å². The smallest absolute Gasteiger partial charge is 0.158 e. The molecule has 0 radical (unpaired) electrons. The molecule has 1 saturated carbocycles. The first-order chi connectivity index (χ1) is 8.08. The lowest BCUT2D eigenvalue weighted by Gasteiger charge is -2.34. The van der Waals surface area contributed by atoms with Crippen LogP contribution < -0.4 is 5.73 Å². The van der Waals surface area contributed by atoms with Gasteiger partial charge in [-0.2, -0.15) is 5.26 Å². The third-order valence-electron chi connectivity index (χ3n) is 3.35. The Morgan fingerprint density at radius 1 is 1.47 bits per heavy atom. The molecule has 0 heterocycles. The number of carbonyl (C=O) groups is 1. The number of Topliss-reactive ketones (excluding diaryl/α,β-unsaturated/α-hetero) is 1. The fraction of sp³-hybridized carbons (Fsp3) is 0.385. The Morgan fingerprint density at radius 2 is 2.18 bits per heavy atom. The second kappa shape index (κ2) is 4.48. The van der Waals surface area contributed by atoms with Crippen LogP contribution in [0.15, 0.2) is 24.3 Å². The lowest BCUT2D eigenvalue weighted by molar-refractivity contribution is -0.127. The number of ketones is 1. The topological polar surface area (TPSA) is 66.9 Å². The average molecular weight is 249 g/mol. The van der Waals surface area contributed by atoms with Crippen LogP contribution in [0.2, 0.25) is 5.02 Å². The minimum absolute atomic E-state index is 0.0941. The number of nitrogens with two attached hydrogens (primary N) is 1. The van der Waals surface area contributed by atoms with E-state index in [0.29, 0.717) is 23.4 Å². The highest BCUT2D eigenvalue weighted by molar-refractivity contribution is 6.31. The fourth-order valence-electron chi connectivity index (χ4n) is 2.27. The first kappa shape index (κ1) is 12.1. The summed E-state index contributed by atoms with van der Waals surface area (Å²) in [7, 11) is 0. The summed E-state index contributed by atoms with van der Waals surface area (Å²) < 4.78 is 0. The molecule has 3 nitrogen and oxygen atoms in total. The summed E-state index contributed by atoms with van der Waals surface area (Å²) >= 11 is 6.09. The van der Waals surface area contributed by atoms with Gasteiger partial charge in [0.1, 0.15) is 5.54 Å². The van der Waals surface area contributed by atoms with E-state index < -0.39 is 5.54 Å². The van der Waals surface area contributed by atoms with Gasteiger partial charge in [-0.05, 0) is 24.5 Å². The van der Waals surface area contributed by atoms with E-state index in [1.54, 1.807) is 18.2 Å². The van der Waals surface area contributed by atoms with Gasteiger partial charge in [0.25, 0.3) is 0 Å². The summed E-state index contributed by atoms with van der Waals surface area (Å²) in [5.41, 5.74) is 5.85. The van der Waals surface area contributed by atoms with Crippen molar-refractivity contribution in [1.82, 2.24) is 0 Å². The molecule has 88 valence electrons. The summed E-state index contributed by atoms with van der Waals surface area (Å²) in [6.07, 6.45) is 1.34. The maximum absolute atomic E-state index is 12.1. The maximum atomic E-state index is 12.1. The Hall–Kier alpha value is -1.37. The summed E-state index contributed by atoms with van der Waals surface area (Å²) in [6, 6.07) is 9.27. The molecule has 17 heavy (non-hydrogen) atoms. The molecular formula is C13H13ClN2O. The van der Waals surface area contributed by atoms with Crippen LogP contribution in [0.25, 0.3) is 0 Å². The lowest BCUT2D eigenvalue weighted by atomic mass is 9.73. The average Bonchev–Trinajstić information content (AvgIpc) is 2.33. The molecule has 2 rings (SSSR count). The van der Waals surface area contributed by atoms with E-state index in [1.165, 1.54) is 0 Å². The zero-order valence-electron chi connectivity index (χ0n) is 9.32. The highest BCUT2D eigenvalue weighted by Gasteiger charge is 2.41. The van der Waals surface area contributed by atoms with Gasteiger partial charge in [-0.1, -0.05) is 29.8 Å². The molecule has 2 atom stereocenters. The Kier molecular flexibility index (Phi) is 3.19. The number of nitrogens with zero attached hydrogens (tertiary/aromatic N) is 1. The van der Waals surface area contributed by atoms with Crippen molar-refractivity contribution in [2.24, 2.45) is 11.7 Å². The molecule has 0 aromatic heterocycles. The molecule has 0 saturated heterocycles. The van der Waals surface area contributed by atoms with E-state index >= 15 is 0 Å². The van der Waals surface area contributed by atoms with Crippen molar-refractivity contribution in [3.05, 3.63) is 34.9 Å². The van der Waals surface area contributed by atoms with Crippen molar-refractivity contribution >= 4 is 17.4 Å². The van der Waals surface area contributed by atoms with Gasteiger partial charge in [0.15, 0.2) is 5.78 Å². The molecule has 1 aromatic rings. The van der Waals surface area contributed by atoms with E-state index in [1.807, 2.05) is 6.07 Å². The van der Waals surface area contributed by atoms with Crippen molar-refractivity contribution in [1.29, 1.82) is 5.26 Å². The molecule has 1 aliphatic rings.